The highest BCUT2D eigenvalue weighted by molar-refractivity contribution is 5.91. The van der Waals surface area contributed by atoms with Gasteiger partial charge in [0.05, 0.1) is 0 Å². The first-order chi connectivity index (χ1) is 6.77. The number of amides is 1. The summed E-state index contributed by atoms with van der Waals surface area (Å²) in [6, 6.07) is 3.27. The highest BCUT2D eigenvalue weighted by Gasteiger charge is 2.21. The van der Waals surface area contributed by atoms with Crippen LogP contribution in [0.15, 0.2) is 16.5 Å². The molecule has 1 radical (unpaired) electrons. The van der Waals surface area contributed by atoms with Crippen LogP contribution < -0.4 is 0 Å². The largest absolute Gasteiger partial charge is 0.448 e. The molecule has 0 N–H and O–H groups in total. The average Bonchev–Trinajstić information content (AvgIpc) is 2.71. The van der Waals surface area contributed by atoms with Crippen molar-refractivity contribution in [3.05, 3.63) is 24.2 Å². The topological polar surface area (TPSA) is 36.7 Å². The van der Waals surface area contributed by atoms with E-state index in [4.69, 9.17) is 4.42 Å². The van der Waals surface area contributed by atoms with Gasteiger partial charge in [0.1, 0.15) is 0 Å². The Bertz CT molecular complexity index is 300. The van der Waals surface area contributed by atoms with Crippen LogP contribution in [-0.2, 0) is 0 Å². The third-order valence-corrected chi connectivity index (χ3v) is 2.47. The molecule has 0 spiro atoms. The zero-order valence-electron chi connectivity index (χ0n) is 8.19. The van der Waals surface area contributed by atoms with Crippen molar-refractivity contribution in [3.63, 3.8) is 0 Å². The Morgan fingerprint density at radius 3 is 2.71 bits per heavy atom. The number of piperazine rings is 1. The van der Waals surface area contributed by atoms with Crippen molar-refractivity contribution >= 4 is 5.91 Å². The molecule has 4 heteroatoms. The minimum absolute atomic E-state index is 0.0284. The van der Waals surface area contributed by atoms with Gasteiger partial charge in [-0.1, -0.05) is 0 Å². The van der Waals surface area contributed by atoms with Crippen LogP contribution in [0.3, 0.4) is 0 Å². The summed E-state index contributed by atoms with van der Waals surface area (Å²) >= 11 is 0. The van der Waals surface area contributed by atoms with Gasteiger partial charge >= 0.3 is 0 Å². The van der Waals surface area contributed by atoms with E-state index >= 15 is 0 Å². The van der Waals surface area contributed by atoms with Gasteiger partial charge in [0.2, 0.25) is 0 Å². The van der Waals surface area contributed by atoms with Gasteiger partial charge in [0.15, 0.2) is 12.0 Å². The predicted octanol–water partition coefficient (Wildman–Crippen LogP) is 0.467. The SMILES string of the molecule is CN1CCN(C(=O)c2cc[c]o2)CC1. The minimum Gasteiger partial charge on any atom is -0.448 e. The Kier molecular flexibility index (Phi) is 2.54. The first-order valence-corrected chi connectivity index (χ1v) is 4.71. The van der Waals surface area contributed by atoms with Crippen molar-refractivity contribution in [2.45, 2.75) is 0 Å². The molecule has 1 aromatic heterocycles. The number of hydrogen-bond donors (Lipinski definition) is 0. The number of likely N-dealkylation sites (N-methyl/N-ethyl adjacent to an activating group) is 1. The van der Waals surface area contributed by atoms with Crippen LogP contribution in [0.4, 0.5) is 0 Å². The van der Waals surface area contributed by atoms with Gasteiger partial charge in [-0.3, -0.25) is 4.79 Å². The van der Waals surface area contributed by atoms with Crippen molar-refractivity contribution in [1.29, 1.82) is 0 Å². The van der Waals surface area contributed by atoms with E-state index in [-0.39, 0.29) is 5.91 Å². The van der Waals surface area contributed by atoms with Crippen LogP contribution >= 0.6 is 0 Å². The molecule has 0 aromatic carbocycles. The molecule has 1 aliphatic heterocycles. The number of furan rings is 1. The summed E-state index contributed by atoms with van der Waals surface area (Å²) in [5.41, 5.74) is 0. The lowest BCUT2D eigenvalue weighted by Crippen LogP contribution is -2.47. The second-order valence-corrected chi connectivity index (χ2v) is 3.51. The van der Waals surface area contributed by atoms with Crippen LogP contribution in [0.1, 0.15) is 10.6 Å². The summed E-state index contributed by atoms with van der Waals surface area (Å²) in [5, 5.41) is 0. The Labute approximate surface area is 83.1 Å². The second-order valence-electron chi connectivity index (χ2n) is 3.51. The highest BCUT2D eigenvalue weighted by atomic mass is 16.3. The van der Waals surface area contributed by atoms with E-state index in [0.29, 0.717) is 5.76 Å². The van der Waals surface area contributed by atoms with E-state index in [1.807, 2.05) is 4.90 Å². The van der Waals surface area contributed by atoms with Crippen molar-refractivity contribution in [3.8, 4) is 0 Å². The van der Waals surface area contributed by atoms with E-state index in [1.165, 1.54) is 0 Å². The molecule has 2 heterocycles. The van der Waals surface area contributed by atoms with E-state index in [9.17, 15) is 4.79 Å². The molecule has 1 amide bonds. The smallest absolute Gasteiger partial charge is 0.289 e. The van der Waals surface area contributed by atoms with Gasteiger partial charge in [-0.15, -0.1) is 0 Å². The van der Waals surface area contributed by atoms with Crippen LogP contribution in [0.2, 0.25) is 0 Å². The van der Waals surface area contributed by atoms with Gasteiger partial charge in [0, 0.05) is 26.2 Å². The standard InChI is InChI=1S/C10H13N2O2/c1-11-4-6-12(7-5-11)10(13)9-3-2-8-14-9/h2-3H,4-7H2,1H3. The van der Waals surface area contributed by atoms with Crippen molar-refractivity contribution in [2.24, 2.45) is 0 Å². The van der Waals surface area contributed by atoms with E-state index < -0.39 is 0 Å². The fourth-order valence-electron chi connectivity index (χ4n) is 1.52. The molecule has 75 valence electrons. The fraction of sp³-hybridized carbons (Fsp3) is 0.500. The Morgan fingerprint density at radius 2 is 2.14 bits per heavy atom. The zero-order valence-corrected chi connectivity index (χ0v) is 8.19. The predicted molar refractivity (Wildman–Crippen MR) is 50.9 cm³/mol. The fourth-order valence-corrected chi connectivity index (χ4v) is 1.52. The van der Waals surface area contributed by atoms with E-state index in [0.717, 1.165) is 26.2 Å². The zero-order chi connectivity index (χ0) is 9.97. The lowest BCUT2D eigenvalue weighted by molar-refractivity contribution is 0.0632. The molecule has 0 aliphatic carbocycles. The normalized spacial score (nSPS) is 18.5. The molecule has 0 saturated carbocycles. The van der Waals surface area contributed by atoms with Gasteiger partial charge in [-0.05, 0) is 19.2 Å². The average molecular weight is 193 g/mol. The molecule has 1 aliphatic rings. The van der Waals surface area contributed by atoms with Crippen molar-refractivity contribution in [2.75, 3.05) is 33.2 Å². The Hall–Kier alpha value is -1.29. The molecule has 4 nitrogen and oxygen atoms in total. The van der Waals surface area contributed by atoms with Crippen LogP contribution in [-0.4, -0.2) is 48.9 Å². The van der Waals surface area contributed by atoms with Crippen LogP contribution in [0, 0.1) is 6.26 Å². The summed E-state index contributed by atoms with van der Waals surface area (Å²) in [6.07, 6.45) is 2.53. The lowest BCUT2D eigenvalue weighted by Gasteiger charge is -2.31. The molecule has 1 fully saturated rings. The quantitative estimate of drug-likeness (QED) is 0.650. The van der Waals surface area contributed by atoms with Gasteiger partial charge in [-0.25, -0.2) is 0 Å². The van der Waals surface area contributed by atoms with Crippen LogP contribution in [0.5, 0.6) is 0 Å². The number of carbonyl (C=O) groups is 1. The molecule has 0 bridgehead atoms. The molecular formula is C10H13N2O2. The molecule has 0 unspecified atom stereocenters. The number of carbonyl (C=O) groups excluding carboxylic acids is 1. The molecule has 1 saturated heterocycles. The Morgan fingerprint density at radius 1 is 1.43 bits per heavy atom. The third-order valence-electron chi connectivity index (χ3n) is 2.47. The van der Waals surface area contributed by atoms with E-state index in [2.05, 4.69) is 18.2 Å². The van der Waals surface area contributed by atoms with Gasteiger partial charge in [0.25, 0.3) is 5.91 Å². The molecule has 1 aromatic rings. The Balaban J connectivity index is 1.99. The monoisotopic (exact) mass is 193 g/mol. The number of rotatable bonds is 1. The van der Waals surface area contributed by atoms with Crippen molar-refractivity contribution < 1.29 is 9.21 Å². The maximum absolute atomic E-state index is 11.8. The third kappa shape index (κ3) is 1.80. The molecular weight excluding hydrogens is 180 g/mol. The number of hydrogen-bond acceptors (Lipinski definition) is 3. The maximum Gasteiger partial charge on any atom is 0.289 e. The molecule has 2 rings (SSSR count). The summed E-state index contributed by atoms with van der Waals surface area (Å²) in [5.74, 6) is 0.355. The summed E-state index contributed by atoms with van der Waals surface area (Å²) in [6.45, 7) is 3.40. The molecule has 14 heavy (non-hydrogen) atoms. The highest BCUT2D eigenvalue weighted by Crippen LogP contribution is 2.07. The lowest BCUT2D eigenvalue weighted by atomic mass is 10.3. The first kappa shape index (κ1) is 9.27. The molecule has 0 atom stereocenters. The summed E-state index contributed by atoms with van der Waals surface area (Å²) in [7, 11) is 2.06. The minimum atomic E-state index is -0.0284. The van der Waals surface area contributed by atoms with E-state index in [1.54, 1.807) is 12.1 Å². The van der Waals surface area contributed by atoms with Gasteiger partial charge in [-0.2, -0.15) is 0 Å². The summed E-state index contributed by atoms with van der Waals surface area (Å²) in [4.78, 5) is 15.8. The maximum atomic E-state index is 11.8. The van der Waals surface area contributed by atoms with Gasteiger partial charge < -0.3 is 14.2 Å². The second kappa shape index (κ2) is 3.84. The summed E-state index contributed by atoms with van der Waals surface area (Å²) < 4.78 is 4.95. The first-order valence-electron chi connectivity index (χ1n) is 4.71. The van der Waals surface area contributed by atoms with Crippen LogP contribution in [0.25, 0.3) is 0 Å². The number of nitrogens with zero attached hydrogens (tertiary/aromatic N) is 2. The van der Waals surface area contributed by atoms with Crippen molar-refractivity contribution in [1.82, 2.24) is 9.80 Å².